The van der Waals surface area contributed by atoms with Gasteiger partial charge in [-0.15, -0.1) is 0 Å². The molecule has 1 amide bonds. The number of hydrogen-bond acceptors (Lipinski definition) is 4. The van der Waals surface area contributed by atoms with Crippen molar-refractivity contribution in [1.29, 1.82) is 0 Å². The van der Waals surface area contributed by atoms with E-state index in [0.717, 1.165) is 0 Å². The molecule has 0 radical (unpaired) electrons. The Balaban J connectivity index is 1.98. The van der Waals surface area contributed by atoms with E-state index >= 15 is 0 Å². The lowest BCUT2D eigenvalue weighted by molar-refractivity contribution is -0.150. The zero-order valence-electron chi connectivity index (χ0n) is 12.5. The van der Waals surface area contributed by atoms with E-state index in [1.165, 1.54) is 30.2 Å². The maximum Gasteiger partial charge on any atom is 0.328 e. The number of anilines is 1. The molecule has 1 fully saturated rings. The van der Waals surface area contributed by atoms with Crippen LogP contribution in [0.15, 0.2) is 18.2 Å². The molecule has 2 heterocycles. The quantitative estimate of drug-likeness (QED) is 0.664. The second kappa shape index (κ2) is 5.85. The van der Waals surface area contributed by atoms with Crippen LogP contribution in [-0.4, -0.2) is 36.0 Å². The Morgan fingerprint density at radius 2 is 2.17 bits per heavy atom. The Morgan fingerprint density at radius 3 is 2.87 bits per heavy atom. The van der Waals surface area contributed by atoms with Crippen LogP contribution in [0.1, 0.15) is 24.8 Å². The van der Waals surface area contributed by atoms with E-state index in [1.54, 1.807) is 0 Å². The van der Waals surface area contributed by atoms with E-state index in [0.29, 0.717) is 24.8 Å². The van der Waals surface area contributed by atoms with Gasteiger partial charge in [-0.1, -0.05) is 11.6 Å². The van der Waals surface area contributed by atoms with Gasteiger partial charge in [-0.25, -0.2) is 9.18 Å². The molecule has 0 spiro atoms. The van der Waals surface area contributed by atoms with Crippen LogP contribution in [0, 0.1) is 5.82 Å². The second-order valence-electron chi connectivity index (χ2n) is 5.71. The average Bonchev–Trinajstić information content (AvgIpc) is 2.95. The van der Waals surface area contributed by atoms with Crippen LogP contribution in [0.4, 0.5) is 10.1 Å². The molecule has 2 atom stereocenters. The maximum atomic E-state index is 14.3. The molecule has 0 saturated carbocycles. The minimum absolute atomic E-state index is 0.0381. The third-order valence-corrected chi connectivity index (χ3v) is 4.72. The van der Waals surface area contributed by atoms with Crippen molar-refractivity contribution in [3.8, 4) is 0 Å². The predicted octanol–water partition coefficient (Wildman–Crippen LogP) is 2.38. The summed E-state index contributed by atoms with van der Waals surface area (Å²) in [6.07, 6.45) is 2.96. The Hall–Kier alpha value is -2.08. The maximum absolute atomic E-state index is 14.3. The minimum Gasteiger partial charge on any atom is -0.467 e. The predicted molar refractivity (Wildman–Crippen MR) is 84.1 cm³/mol. The lowest BCUT2D eigenvalue weighted by atomic mass is 9.92. The van der Waals surface area contributed by atoms with Gasteiger partial charge in [0.15, 0.2) is 5.82 Å². The number of halogens is 2. The molecule has 0 bridgehead atoms. The lowest BCUT2D eigenvalue weighted by Crippen LogP contribution is -2.46. The molecular formula is C16H16ClFN2O3. The van der Waals surface area contributed by atoms with Crippen molar-refractivity contribution in [2.75, 3.05) is 12.8 Å². The largest absolute Gasteiger partial charge is 0.467 e. The Bertz CT molecular complexity index is 720. The first-order chi connectivity index (χ1) is 10.9. The molecule has 3 rings (SSSR count). The van der Waals surface area contributed by atoms with Crippen LogP contribution in [0.5, 0.6) is 0 Å². The summed E-state index contributed by atoms with van der Waals surface area (Å²) in [5.74, 6) is -1.38. The van der Waals surface area contributed by atoms with E-state index < -0.39 is 17.8 Å². The van der Waals surface area contributed by atoms with Crippen molar-refractivity contribution in [2.45, 2.75) is 31.3 Å². The fourth-order valence-corrected chi connectivity index (χ4v) is 3.54. The summed E-state index contributed by atoms with van der Waals surface area (Å²) in [6.45, 7) is 0. The number of fused-ring (bicyclic) bond motifs is 1. The van der Waals surface area contributed by atoms with Gasteiger partial charge in [0.05, 0.1) is 12.1 Å². The zero-order valence-corrected chi connectivity index (χ0v) is 13.3. The highest BCUT2D eigenvalue weighted by molar-refractivity contribution is 6.31. The summed E-state index contributed by atoms with van der Waals surface area (Å²) in [7, 11) is 1.30. The Kier molecular flexibility index (Phi) is 4.02. The molecule has 122 valence electrons. The second-order valence-corrected chi connectivity index (χ2v) is 6.12. The number of benzene rings is 1. The normalized spacial score (nSPS) is 23.5. The highest BCUT2D eigenvalue weighted by Gasteiger charge is 2.43. The highest BCUT2D eigenvalue weighted by Crippen LogP contribution is 2.39. The molecule has 0 aliphatic carbocycles. The standard InChI is InChI=1S/C16H16ClFN2O3/c1-23-16(22)12-5-2-9-6-8(7-13(21)20(9)12)14-11(19)4-3-10(17)15(14)18/h3-4,7,9,12H,2,5-6,19H2,1H3/t9?,12-/m0/s1. The van der Waals surface area contributed by atoms with Gasteiger partial charge in [0.2, 0.25) is 5.91 Å². The van der Waals surface area contributed by atoms with Gasteiger partial charge >= 0.3 is 5.97 Å². The molecule has 1 unspecified atom stereocenters. The van der Waals surface area contributed by atoms with Crippen molar-refractivity contribution in [2.24, 2.45) is 0 Å². The highest BCUT2D eigenvalue weighted by atomic mass is 35.5. The topological polar surface area (TPSA) is 72.6 Å². The summed E-state index contributed by atoms with van der Waals surface area (Å²) >= 11 is 5.82. The van der Waals surface area contributed by atoms with Gasteiger partial charge in [0.1, 0.15) is 6.04 Å². The van der Waals surface area contributed by atoms with Crippen LogP contribution in [-0.2, 0) is 14.3 Å². The SMILES string of the molecule is COC(=O)[C@@H]1CCC2CC(c3c(N)ccc(Cl)c3F)=CC(=O)N21. The van der Waals surface area contributed by atoms with Crippen molar-refractivity contribution in [1.82, 2.24) is 4.90 Å². The Labute approximate surface area is 137 Å². The summed E-state index contributed by atoms with van der Waals surface area (Å²) in [4.78, 5) is 25.7. The number of methoxy groups -OCH3 is 1. The van der Waals surface area contributed by atoms with Gasteiger partial charge in [-0.2, -0.15) is 0 Å². The molecule has 7 heteroatoms. The van der Waals surface area contributed by atoms with Gasteiger partial charge in [0.25, 0.3) is 0 Å². The molecule has 1 aromatic carbocycles. The summed E-state index contributed by atoms with van der Waals surface area (Å²) in [6, 6.07) is 2.17. The number of amides is 1. The monoisotopic (exact) mass is 338 g/mol. The molecule has 2 N–H and O–H groups in total. The molecule has 5 nitrogen and oxygen atoms in total. The Morgan fingerprint density at radius 1 is 1.43 bits per heavy atom. The number of esters is 1. The summed E-state index contributed by atoms with van der Waals surface area (Å²) < 4.78 is 19.1. The van der Waals surface area contributed by atoms with Crippen molar-refractivity contribution < 1.29 is 18.7 Å². The van der Waals surface area contributed by atoms with Crippen LogP contribution in [0.25, 0.3) is 5.57 Å². The van der Waals surface area contributed by atoms with Gasteiger partial charge < -0.3 is 15.4 Å². The minimum atomic E-state index is -0.623. The number of carbonyl (C=O) groups is 2. The molecule has 2 aliphatic heterocycles. The number of nitrogens with two attached hydrogens (primary N) is 1. The first kappa shape index (κ1) is 15.8. The molecular weight excluding hydrogens is 323 g/mol. The summed E-state index contributed by atoms with van der Waals surface area (Å²) in [5, 5.41) is -0.0381. The van der Waals surface area contributed by atoms with Gasteiger partial charge in [-0.05, 0) is 37.0 Å². The number of carbonyl (C=O) groups excluding carboxylic acids is 2. The molecule has 0 aromatic heterocycles. The van der Waals surface area contributed by atoms with Crippen LogP contribution in [0.2, 0.25) is 5.02 Å². The third kappa shape index (κ3) is 2.57. The van der Waals surface area contributed by atoms with E-state index in [9.17, 15) is 14.0 Å². The number of rotatable bonds is 2. The van der Waals surface area contributed by atoms with Crippen LogP contribution < -0.4 is 5.73 Å². The first-order valence-corrected chi connectivity index (χ1v) is 7.66. The van der Waals surface area contributed by atoms with Crippen LogP contribution >= 0.6 is 11.6 Å². The van der Waals surface area contributed by atoms with Gasteiger partial charge in [0, 0.05) is 23.4 Å². The van der Waals surface area contributed by atoms with Gasteiger partial charge in [-0.3, -0.25) is 4.79 Å². The molecule has 1 saturated heterocycles. The smallest absolute Gasteiger partial charge is 0.328 e. The number of nitrogen functional groups attached to an aromatic ring is 1. The van der Waals surface area contributed by atoms with E-state index in [2.05, 4.69) is 0 Å². The van der Waals surface area contributed by atoms with Crippen molar-refractivity contribution in [3.05, 3.63) is 34.6 Å². The number of ether oxygens (including phenoxy) is 1. The number of hydrogen-bond donors (Lipinski definition) is 1. The van der Waals surface area contributed by atoms with Crippen molar-refractivity contribution in [3.63, 3.8) is 0 Å². The van der Waals surface area contributed by atoms with Crippen LogP contribution in [0.3, 0.4) is 0 Å². The zero-order chi connectivity index (χ0) is 16.7. The van der Waals surface area contributed by atoms with E-state index in [4.69, 9.17) is 22.1 Å². The number of nitrogens with zero attached hydrogens (tertiary/aromatic N) is 1. The fraction of sp³-hybridized carbons (Fsp3) is 0.375. The van der Waals surface area contributed by atoms with E-state index in [1.807, 2.05) is 0 Å². The molecule has 1 aromatic rings. The molecule has 2 aliphatic rings. The molecule has 23 heavy (non-hydrogen) atoms. The van der Waals surface area contributed by atoms with Crippen molar-refractivity contribution >= 4 is 34.7 Å². The summed E-state index contributed by atoms with van der Waals surface area (Å²) in [5.41, 5.74) is 6.79. The first-order valence-electron chi connectivity index (χ1n) is 7.28. The lowest BCUT2D eigenvalue weighted by Gasteiger charge is -2.32. The third-order valence-electron chi connectivity index (χ3n) is 4.43. The van der Waals surface area contributed by atoms with E-state index in [-0.39, 0.29) is 28.2 Å². The fourth-order valence-electron chi connectivity index (χ4n) is 3.39. The average molecular weight is 339 g/mol.